The molecule has 3 nitrogen and oxygen atoms in total. The molecule has 7 heteroatoms. The molecular weight excluding hydrogens is 288 g/mol. The molecule has 0 bridgehead atoms. The lowest BCUT2D eigenvalue weighted by molar-refractivity contribution is 0.0678. The molecule has 1 heterocycles. The Kier molecular flexibility index (Phi) is 4.82. The van der Waals surface area contributed by atoms with E-state index in [2.05, 4.69) is 5.32 Å². The van der Waals surface area contributed by atoms with Crippen molar-refractivity contribution in [3.05, 3.63) is 34.9 Å². The summed E-state index contributed by atoms with van der Waals surface area (Å²) in [5, 5.41) is 3.02. The summed E-state index contributed by atoms with van der Waals surface area (Å²) >= 11 is 0. The Hall–Kier alpha value is -1.63. The van der Waals surface area contributed by atoms with Crippen LogP contribution in [0.15, 0.2) is 6.07 Å². The van der Waals surface area contributed by atoms with Crippen molar-refractivity contribution in [1.82, 2.24) is 10.2 Å². The fourth-order valence-electron chi connectivity index (χ4n) is 2.55. The number of nitrogens with one attached hydrogen (secondary N) is 1. The maximum Gasteiger partial charge on any atom is 0.260 e. The Morgan fingerprint density at radius 2 is 1.71 bits per heavy atom. The molecular formula is C14H16F4N2O. The van der Waals surface area contributed by atoms with E-state index in [1.165, 1.54) is 4.90 Å². The van der Waals surface area contributed by atoms with Gasteiger partial charge < -0.3 is 10.2 Å². The van der Waals surface area contributed by atoms with Crippen molar-refractivity contribution >= 4 is 5.91 Å². The molecule has 2 rings (SSSR count). The molecule has 1 aromatic rings. The van der Waals surface area contributed by atoms with Gasteiger partial charge in [-0.15, -0.1) is 0 Å². The number of carbonyl (C=O) groups is 1. The van der Waals surface area contributed by atoms with Crippen molar-refractivity contribution in [2.24, 2.45) is 5.92 Å². The molecule has 116 valence electrons. The summed E-state index contributed by atoms with van der Waals surface area (Å²) < 4.78 is 53.5. The molecule has 1 aliphatic rings. The second kappa shape index (κ2) is 6.43. The normalized spacial score (nSPS) is 16.3. The van der Waals surface area contributed by atoms with Gasteiger partial charge in [0.1, 0.15) is 5.56 Å². The number of amides is 1. The first-order valence-corrected chi connectivity index (χ1v) is 6.72. The molecule has 0 aromatic heterocycles. The number of carbonyl (C=O) groups excluding carboxylic acids is 1. The van der Waals surface area contributed by atoms with Crippen molar-refractivity contribution in [2.75, 3.05) is 26.7 Å². The van der Waals surface area contributed by atoms with E-state index in [-0.39, 0.29) is 6.07 Å². The van der Waals surface area contributed by atoms with E-state index in [0.717, 1.165) is 6.54 Å². The minimum atomic E-state index is -1.64. The fraction of sp³-hybridized carbons (Fsp3) is 0.500. The number of rotatable bonds is 3. The monoisotopic (exact) mass is 304 g/mol. The molecule has 1 aliphatic heterocycles. The second-order valence-corrected chi connectivity index (χ2v) is 5.14. The summed E-state index contributed by atoms with van der Waals surface area (Å²) in [6.45, 7) is 1.41. The number of benzene rings is 1. The van der Waals surface area contributed by atoms with Crippen LogP contribution in [0.3, 0.4) is 0 Å². The summed E-state index contributed by atoms with van der Waals surface area (Å²) in [4.78, 5) is 13.3. The van der Waals surface area contributed by atoms with Gasteiger partial charge in [-0.3, -0.25) is 4.79 Å². The van der Waals surface area contributed by atoms with Crippen LogP contribution in [-0.4, -0.2) is 37.5 Å². The first kappa shape index (κ1) is 15.8. The first-order valence-electron chi connectivity index (χ1n) is 6.72. The van der Waals surface area contributed by atoms with E-state index >= 15 is 0 Å². The van der Waals surface area contributed by atoms with Crippen molar-refractivity contribution in [3.63, 3.8) is 0 Å². The smallest absolute Gasteiger partial charge is 0.260 e. The van der Waals surface area contributed by atoms with Gasteiger partial charge in [0.25, 0.3) is 5.91 Å². The molecule has 0 atom stereocenters. The summed E-state index contributed by atoms with van der Waals surface area (Å²) in [6.07, 6.45) is 1.35. The predicted molar refractivity (Wildman–Crippen MR) is 68.8 cm³/mol. The van der Waals surface area contributed by atoms with Gasteiger partial charge in [-0.2, -0.15) is 0 Å². The minimum Gasteiger partial charge on any atom is -0.338 e. The van der Waals surface area contributed by atoms with Gasteiger partial charge in [0.2, 0.25) is 0 Å². The maximum absolute atomic E-state index is 13.6. The third-order valence-electron chi connectivity index (χ3n) is 3.72. The topological polar surface area (TPSA) is 32.3 Å². The van der Waals surface area contributed by atoms with E-state index in [0.29, 0.717) is 31.8 Å². The Labute approximate surface area is 119 Å². The molecule has 1 fully saturated rings. The van der Waals surface area contributed by atoms with Gasteiger partial charge in [0.05, 0.1) is 0 Å². The SMILES string of the molecule is CNCC1CCN(C(=O)c2c(F)c(F)cc(F)c2F)CC1. The number of hydrogen-bond acceptors (Lipinski definition) is 2. The van der Waals surface area contributed by atoms with Gasteiger partial charge in [-0.1, -0.05) is 0 Å². The van der Waals surface area contributed by atoms with Crippen molar-refractivity contribution in [2.45, 2.75) is 12.8 Å². The van der Waals surface area contributed by atoms with Crippen LogP contribution in [0.1, 0.15) is 23.2 Å². The van der Waals surface area contributed by atoms with Crippen LogP contribution in [0, 0.1) is 29.2 Å². The van der Waals surface area contributed by atoms with Crippen LogP contribution in [0.2, 0.25) is 0 Å². The first-order chi connectivity index (χ1) is 9.95. The van der Waals surface area contributed by atoms with Gasteiger partial charge in [0.15, 0.2) is 23.3 Å². The highest BCUT2D eigenvalue weighted by atomic mass is 19.2. The summed E-state index contributed by atoms with van der Waals surface area (Å²) in [5.74, 6) is -7.05. The second-order valence-electron chi connectivity index (χ2n) is 5.14. The van der Waals surface area contributed by atoms with Gasteiger partial charge in [-0.25, -0.2) is 17.6 Å². The zero-order valence-corrected chi connectivity index (χ0v) is 11.6. The zero-order chi connectivity index (χ0) is 15.6. The molecule has 1 amide bonds. The van der Waals surface area contributed by atoms with Crippen LogP contribution >= 0.6 is 0 Å². The van der Waals surface area contributed by atoms with Gasteiger partial charge >= 0.3 is 0 Å². The highest BCUT2D eigenvalue weighted by Gasteiger charge is 2.30. The summed E-state index contributed by atoms with van der Waals surface area (Å²) in [5.41, 5.74) is -1.15. The number of halogens is 4. The Balaban J connectivity index is 2.18. The average Bonchev–Trinajstić information content (AvgIpc) is 2.46. The molecule has 0 spiro atoms. The van der Waals surface area contributed by atoms with E-state index in [1.54, 1.807) is 0 Å². The molecule has 1 saturated heterocycles. The van der Waals surface area contributed by atoms with Crippen molar-refractivity contribution < 1.29 is 22.4 Å². The standard InChI is InChI=1S/C14H16F4N2O/c1-19-7-8-2-4-20(5-3-8)14(21)11-12(17)9(15)6-10(16)13(11)18/h6,8,19H,2-5,7H2,1H3. The zero-order valence-electron chi connectivity index (χ0n) is 11.6. The maximum atomic E-state index is 13.6. The Morgan fingerprint density at radius 1 is 1.19 bits per heavy atom. The molecule has 21 heavy (non-hydrogen) atoms. The highest BCUT2D eigenvalue weighted by molar-refractivity contribution is 5.95. The van der Waals surface area contributed by atoms with E-state index < -0.39 is 34.7 Å². The van der Waals surface area contributed by atoms with Crippen LogP contribution in [-0.2, 0) is 0 Å². The quantitative estimate of drug-likeness (QED) is 0.686. The van der Waals surface area contributed by atoms with E-state index in [4.69, 9.17) is 0 Å². The molecule has 0 unspecified atom stereocenters. The summed E-state index contributed by atoms with van der Waals surface area (Å²) in [7, 11) is 1.82. The van der Waals surface area contributed by atoms with Gasteiger partial charge in [0, 0.05) is 19.2 Å². The predicted octanol–water partition coefficient (Wildman–Crippen LogP) is 2.31. The lowest BCUT2D eigenvalue weighted by Crippen LogP contribution is -2.41. The van der Waals surface area contributed by atoms with E-state index in [9.17, 15) is 22.4 Å². The fourth-order valence-corrected chi connectivity index (χ4v) is 2.55. The number of hydrogen-bond donors (Lipinski definition) is 1. The lowest BCUT2D eigenvalue weighted by atomic mass is 9.96. The van der Waals surface area contributed by atoms with Crippen molar-refractivity contribution in [1.29, 1.82) is 0 Å². The Morgan fingerprint density at radius 3 is 2.19 bits per heavy atom. The third kappa shape index (κ3) is 3.18. The number of likely N-dealkylation sites (tertiary alicyclic amines) is 1. The van der Waals surface area contributed by atoms with E-state index in [1.807, 2.05) is 7.05 Å². The molecule has 1 aromatic carbocycles. The number of nitrogens with zero attached hydrogens (tertiary/aromatic N) is 1. The lowest BCUT2D eigenvalue weighted by Gasteiger charge is -2.32. The Bertz CT molecular complexity index is 516. The molecule has 0 saturated carbocycles. The van der Waals surface area contributed by atoms with Crippen LogP contribution in [0.25, 0.3) is 0 Å². The largest absolute Gasteiger partial charge is 0.338 e. The van der Waals surface area contributed by atoms with Crippen LogP contribution < -0.4 is 5.32 Å². The number of piperidine rings is 1. The van der Waals surface area contributed by atoms with Crippen molar-refractivity contribution in [3.8, 4) is 0 Å². The van der Waals surface area contributed by atoms with Gasteiger partial charge in [-0.05, 0) is 32.4 Å². The van der Waals surface area contributed by atoms with Crippen LogP contribution in [0.4, 0.5) is 17.6 Å². The highest BCUT2D eigenvalue weighted by Crippen LogP contribution is 2.24. The molecule has 1 N–H and O–H groups in total. The van der Waals surface area contributed by atoms with Crippen LogP contribution in [0.5, 0.6) is 0 Å². The minimum absolute atomic E-state index is 0.0978. The third-order valence-corrected chi connectivity index (χ3v) is 3.72. The summed E-state index contributed by atoms with van der Waals surface area (Å²) in [6, 6.07) is 0.0978. The molecule has 0 aliphatic carbocycles. The average molecular weight is 304 g/mol. The molecule has 0 radical (unpaired) electrons.